The zero-order chi connectivity index (χ0) is 10.7. The molecule has 1 fully saturated rings. The molecule has 1 aliphatic rings. The number of aromatic nitrogens is 1. The number of anilines is 1. The zero-order valence-corrected chi connectivity index (χ0v) is 9.44. The summed E-state index contributed by atoms with van der Waals surface area (Å²) >= 11 is 0. The predicted molar refractivity (Wildman–Crippen MR) is 61.2 cm³/mol. The van der Waals surface area contributed by atoms with Gasteiger partial charge in [0.05, 0.1) is 18.0 Å². The van der Waals surface area contributed by atoms with Crippen LogP contribution in [0.5, 0.6) is 0 Å². The minimum Gasteiger partial charge on any atom is -0.380 e. The first kappa shape index (κ1) is 10.4. The second kappa shape index (κ2) is 4.62. The van der Waals surface area contributed by atoms with Gasteiger partial charge in [-0.15, -0.1) is 0 Å². The third-order valence-electron chi connectivity index (χ3n) is 2.97. The van der Waals surface area contributed by atoms with E-state index in [4.69, 9.17) is 4.74 Å². The molecule has 0 bridgehead atoms. The molecule has 1 aromatic heterocycles. The fraction of sp³-hybridized carbons (Fsp3) is 0.583. The van der Waals surface area contributed by atoms with E-state index in [1.165, 1.54) is 18.5 Å². The average Bonchev–Trinajstić information content (AvgIpc) is 2.30. The molecule has 1 saturated heterocycles. The number of methoxy groups -OCH3 is 1. The lowest BCUT2D eigenvalue weighted by atomic mass is 10.1. The van der Waals surface area contributed by atoms with Gasteiger partial charge in [0.1, 0.15) is 0 Å². The number of rotatable bonds is 2. The number of nitrogens with zero attached hydrogens (tertiary/aromatic N) is 2. The molecule has 0 aromatic carbocycles. The monoisotopic (exact) mass is 206 g/mol. The molecule has 1 unspecified atom stereocenters. The SMILES string of the molecule is COC1CCCN(c2ccc(C)nc2)C1. The third kappa shape index (κ3) is 2.48. The fourth-order valence-electron chi connectivity index (χ4n) is 2.01. The van der Waals surface area contributed by atoms with E-state index in [1.54, 1.807) is 7.11 Å². The van der Waals surface area contributed by atoms with Gasteiger partial charge in [0.25, 0.3) is 0 Å². The summed E-state index contributed by atoms with van der Waals surface area (Å²) in [6.45, 7) is 4.11. The molecule has 3 nitrogen and oxygen atoms in total. The molecule has 2 rings (SSSR count). The van der Waals surface area contributed by atoms with Crippen LogP contribution in [-0.2, 0) is 4.74 Å². The second-order valence-electron chi connectivity index (χ2n) is 4.10. The van der Waals surface area contributed by atoms with Crippen molar-refractivity contribution in [1.82, 2.24) is 4.98 Å². The summed E-state index contributed by atoms with van der Waals surface area (Å²) in [5.74, 6) is 0. The summed E-state index contributed by atoms with van der Waals surface area (Å²) in [5.41, 5.74) is 2.28. The van der Waals surface area contributed by atoms with E-state index < -0.39 is 0 Å². The van der Waals surface area contributed by atoms with E-state index in [0.29, 0.717) is 6.10 Å². The summed E-state index contributed by atoms with van der Waals surface area (Å²) < 4.78 is 5.40. The van der Waals surface area contributed by atoms with Crippen molar-refractivity contribution in [3.63, 3.8) is 0 Å². The molecule has 1 aliphatic heterocycles. The molecule has 3 heteroatoms. The van der Waals surface area contributed by atoms with Gasteiger partial charge in [-0.25, -0.2) is 0 Å². The Balaban J connectivity index is 2.06. The largest absolute Gasteiger partial charge is 0.380 e. The van der Waals surface area contributed by atoms with Crippen molar-refractivity contribution in [1.29, 1.82) is 0 Å². The molecule has 82 valence electrons. The van der Waals surface area contributed by atoms with Crippen molar-refractivity contribution in [3.05, 3.63) is 24.0 Å². The Morgan fingerprint density at radius 3 is 3.00 bits per heavy atom. The lowest BCUT2D eigenvalue weighted by Crippen LogP contribution is -2.39. The van der Waals surface area contributed by atoms with Crippen molar-refractivity contribution in [2.75, 3.05) is 25.1 Å². The van der Waals surface area contributed by atoms with E-state index >= 15 is 0 Å². The predicted octanol–water partition coefficient (Wildman–Crippen LogP) is 2.01. The Morgan fingerprint density at radius 1 is 1.47 bits per heavy atom. The van der Waals surface area contributed by atoms with Crippen LogP contribution in [0.1, 0.15) is 18.5 Å². The number of piperidine rings is 1. The number of aryl methyl sites for hydroxylation is 1. The van der Waals surface area contributed by atoms with E-state index in [0.717, 1.165) is 18.8 Å². The maximum Gasteiger partial charge on any atom is 0.0746 e. The van der Waals surface area contributed by atoms with Gasteiger partial charge in [-0.1, -0.05) is 0 Å². The smallest absolute Gasteiger partial charge is 0.0746 e. The quantitative estimate of drug-likeness (QED) is 0.740. The Hall–Kier alpha value is -1.09. The zero-order valence-electron chi connectivity index (χ0n) is 9.44. The first-order chi connectivity index (χ1) is 7.29. The van der Waals surface area contributed by atoms with Crippen LogP contribution >= 0.6 is 0 Å². The third-order valence-corrected chi connectivity index (χ3v) is 2.97. The molecular weight excluding hydrogens is 188 g/mol. The van der Waals surface area contributed by atoms with Crippen LogP contribution in [0.3, 0.4) is 0 Å². The Kier molecular flexibility index (Phi) is 3.21. The van der Waals surface area contributed by atoms with E-state index in [1.807, 2.05) is 13.1 Å². The van der Waals surface area contributed by atoms with Gasteiger partial charge >= 0.3 is 0 Å². The minimum atomic E-state index is 0.375. The number of hydrogen-bond acceptors (Lipinski definition) is 3. The number of pyridine rings is 1. The first-order valence-corrected chi connectivity index (χ1v) is 5.50. The molecule has 0 saturated carbocycles. The van der Waals surface area contributed by atoms with Crippen molar-refractivity contribution in [3.8, 4) is 0 Å². The van der Waals surface area contributed by atoms with Gasteiger partial charge in [-0.05, 0) is 31.9 Å². The maximum atomic E-state index is 5.40. The van der Waals surface area contributed by atoms with Gasteiger partial charge in [0.15, 0.2) is 0 Å². The summed E-state index contributed by atoms with van der Waals surface area (Å²) in [6, 6.07) is 4.20. The molecule has 0 spiro atoms. The fourth-order valence-corrected chi connectivity index (χ4v) is 2.01. The minimum absolute atomic E-state index is 0.375. The second-order valence-corrected chi connectivity index (χ2v) is 4.10. The summed E-state index contributed by atoms with van der Waals surface area (Å²) in [6.07, 6.45) is 4.70. The topological polar surface area (TPSA) is 25.4 Å². The molecule has 1 aromatic rings. The van der Waals surface area contributed by atoms with E-state index in [-0.39, 0.29) is 0 Å². The molecular formula is C12H18N2O. The molecule has 0 aliphatic carbocycles. The molecule has 0 amide bonds. The van der Waals surface area contributed by atoms with Crippen molar-refractivity contribution < 1.29 is 4.74 Å². The highest BCUT2D eigenvalue weighted by Crippen LogP contribution is 2.20. The van der Waals surface area contributed by atoms with Crippen LogP contribution in [-0.4, -0.2) is 31.3 Å². The molecule has 0 N–H and O–H groups in total. The number of hydrogen-bond donors (Lipinski definition) is 0. The van der Waals surface area contributed by atoms with Crippen molar-refractivity contribution in [2.24, 2.45) is 0 Å². The summed E-state index contributed by atoms with van der Waals surface area (Å²) in [7, 11) is 1.79. The lowest BCUT2D eigenvalue weighted by molar-refractivity contribution is 0.0893. The summed E-state index contributed by atoms with van der Waals surface area (Å²) in [5, 5.41) is 0. The Bertz CT molecular complexity index is 310. The van der Waals surface area contributed by atoms with Crippen LogP contribution in [0.15, 0.2) is 18.3 Å². The lowest BCUT2D eigenvalue weighted by Gasteiger charge is -2.33. The van der Waals surface area contributed by atoms with Crippen LogP contribution in [0, 0.1) is 6.92 Å². The van der Waals surface area contributed by atoms with E-state index in [2.05, 4.69) is 22.0 Å². The molecule has 2 heterocycles. The molecule has 0 radical (unpaired) electrons. The van der Waals surface area contributed by atoms with Crippen molar-refractivity contribution >= 4 is 5.69 Å². The van der Waals surface area contributed by atoms with Gasteiger partial charge in [0, 0.05) is 25.9 Å². The first-order valence-electron chi connectivity index (χ1n) is 5.50. The van der Waals surface area contributed by atoms with Gasteiger partial charge in [0.2, 0.25) is 0 Å². The van der Waals surface area contributed by atoms with E-state index in [9.17, 15) is 0 Å². The van der Waals surface area contributed by atoms with Crippen LogP contribution in [0.25, 0.3) is 0 Å². The Morgan fingerprint density at radius 2 is 2.33 bits per heavy atom. The molecule has 15 heavy (non-hydrogen) atoms. The highest BCUT2D eigenvalue weighted by Gasteiger charge is 2.19. The van der Waals surface area contributed by atoms with Crippen LogP contribution in [0.2, 0.25) is 0 Å². The number of ether oxygens (including phenoxy) is 1. The van der Waals surface area contributed by atoms with Gasteiger partial charge in [-0.2, -0.15) is 0 Å². The van der Waals surface area contributed by atoms with Gasteiger partial charge in [-0.3, -0.25) is 4.98 Å². The van der Waals surface area contributed by atoms with Crippen LogP contribution in [0.4, 0.5) is 5.69 Å². The highest BCUT2D eigenvalue weighted by molar-refractivity contribution is 5.45. The van der Waals surface area contributed by atoms with Crippen molar-refractivity contribution in [2.45, 2.75) is 25.9 Å². The van der Waals surface area contributed by atoms with Crippen LogP contribution < -0.4 is 4.90 Å². The normalized spacial score (nSPS) is 21.7. The standard InChI is InChI=1S/C12H18N2O/c1-10-5-6-11(8-13-10)14-7-3-4-12(9-14)15-2/h5-6,8,12H,3-4,7,9H2,1-2H3. The maximum absolute atomic E-state index is 5.40. The summed E-state index contributed by atoms with van der Waals surface area (Å²) in [4.78, 5) is 6.67. The average molecular weight is 206 g/mol. The molecule has 1 atom stereocenters. The van der Waals surface area contributed by atoms with Gasteiger partial charge < -0.3 is 9.64 Å². The Labute approximate surface area is 91.1 Å². The highest BCUT2D eigenvalue weighted by atomic mass is 16.5.